The second-order valence-electron chi connectivity index (χ2n) is 7.64. The number of thioether (sulfide) groups is 1. The molecule has 2 aromatic rings. The molecule has 1 saturated heterocycles. The standard InChI is InChI=1S/C19H28N6O2S/c1-3-4-7-15(17(26)20-16-12-13(2)27-23-16)28-19-22-21-18(24-10-5-6-11-24)25(19)14-8-9-14/h12,14-15H,3-11H2,1-2H3,(H,20,23,26). The number of hydrogen-bond acceptors (Lipinski definition) is 7. The minimum absolute atomic E-state index is 0.0557. The zero-order valence-corrected chi connectivity index (χ0v) is 17.4. The molecule has 8 nitrogen and oxygen atoms in total. The second-order valence-corrected chi connectivity index (χ2v) is 8.81. The molecule has 1 atom stereocenters. The summed E-state index contributed by atoms with van der Waals surface area (Å²) >= 11 is 1.53. The van der Waals surface area contributed by atoms with Crippen molar-refractivity contribution in [1.82, 2.24) is 19.9 Å². The molecule has 2 fully saturated rings. The van der Waals surface area contributed by atoms with Crippen LogP contribution in [0, 0.1) is 6.92 Å². The van der Waals surface area contributed by atoms with Crippen LogP contribution in [-0.2, 0) is 4.79 Å². The van der Waals surface area contributed by atoms with E-state index in [-0.39, 0.29) is 11.2 Å². The van der Waals surface area contributed by atoms with E-state index in [1.165, 1.54) is 24.6 Å². The van der Waals surface area contributed by atoms with Crippen LogP contribution in [0.25, 0.3) is 0 Å². The highest BCUT2D eigenvalue weighted by atomic mass is 32.2. The van der Waals surface area contributed by atoms with Gasteiger partial charge in [0, 0.05) is 25.2 Å². The third-order valence-electron chi connectivity index (χ3n) is 5.19. The Hall–Kier alpha value is -2.03. The molecule has 1 N–H and O–H groups in total. The normalized spacial score (nSPS) is 17.9. The summed E-state index contributed by atoms with van der Waals surface area (Å²) in [5, 5.41) is 16.4. The first kappa shape index (κ1) is 19.3. The van der Waals surface area contributed by atoms with Gasteiger partial charge in [0.1, 0.15) is 5.76 Å². The molecule has 28 heavy (non-hydrogen) atoms. The number of aryl methyl sites for hydroxylation is 1. The van der Waals surface area contributed by atoms with Crippen LogP contribution in [0.3, 0.4) is 0 Å². The first-order valence-electron chi connectivity index (χ1n) is 10.3. The lowest BCUT2D eigenvalue weighted by Crippen LogP contribution is -2.26. The maximum atomic E-state index is 12.9. The van der Waals surface area contributed by atoms with E-state index in [0.717, 1.165) is 56.3 Å². The molecule has 152 valence electrons. The van der Waals surface area contributed by atoms with E-state index in [9.17, 15) is 4.79 Å². The van der Waals surface area contributed by atoms with Gasteiger partial charge in [0.25, 0.3) is 0 Å². The first-order chi connectivity index (χ1) is 13.7. The zero-order chi connectivity index (χ0) is 19.5. The number of hydrogen-bond donors (Lipinski definition) is 1. The number of amides is 1. The van der Waals surface area contributed by atoms with Gasteiger partial charge in [-0.15, -0.1) is 10.2 Å². The predicted octanol–water partition coefficient (Wildman–Crippen LogP) is 3.80. The Morgan fingerprint density at radius 3 is 2.79 bits per heavy atom. The summed E-state index contributed by atoms with van der Waals surface area (Å²) < 4.78 is 7.33. The van der Waals surface area contributed by atoms with Gasteiger partial charge in [0.15, 0.2) is 11.0 Å². The lowest BCUT2D eigenvalue weighted by Gasteiger charge is -2.19. The van der Waals surface area contributed by atoms with Gasteiger partial charge in [-0.05, 0) is 39.0 Å². The van der Waals surface area contributed by atoms with E-state index in [0.29, 0.717) is 17.6 Å². The van der Waals surface area contributed by atoms with Crippen molar-refractivity contribution in [1.29, 1.82) is 0 Å². The molecule has 0 spiro atoms. The highest BCUT2D eigenvalue weighted by Crippen LogP contribution is 2.42. The van der Waals surface area contributed by atoms with Gasteiger partial charge < -0.3 is 14.7 Å². The highest BCUT2D eigenvalue weighted by molar-refractivity contribution is 8.00. The van der Waals surface area contributed by atoms with Crippen LogP contribution < -0.4 is 10.2 Å². The van der Waals surface area contributed by atoms with E-state index in [1.807, 2.05) is 6.92 Å². The van der Waals surface area contributed by atoms with Gasteiger partial charge in [-0.25, -0.2) is 0 Å². The minimum Gasteiger partial charge on any atom is -0.360 e. The SMILES string of the molecule is CCCCC(Sc1nnc(N2CCCC2)n1C1CC1)C(=O)Nc1cc(C)on1. The summed E-state index contributed by atoms with van der Waals surface area (Å²) in [5.74, 6) is 2.06. The van der Waals surface area contributed by atoms with Gasteiger partial charge in [0.05, 0.1) is 5.25 Å². The smallest absolute Gasteiger partial charge is 0.239 e. The molecule has 2 aromatic heterocycles. The van der Waals surface area contributed by atoms with Crippen molar-refractivity contribution in [2.75, 3.05) is 23.3 Å². The van der Waals surface area contributed by atoms with Crippen LogP contribution in [0.2, 0.25) is 0 Å². The summed E-state index contributed by atoms with van der Waals surface area (Å²) in [4.78, 5) is 15.2. The van der Waals surface area contributed by atoms with Gasteiger partial charge in [-0.2, -0.15) is 0 Å². The fraction of sp³-hybridized carbons (Fsp3) is 0.684. The minimum atomic E-state index is -0.231. The molecule has 1 aliphatic heterocycles. The number of carbonyl (C=O) groups is 1. The number of aromatic nitrogens is 4. The third kappa shape index (κ3) is 4.34. The second kappa shape index (κ2) is 8.55. The van der Waals surface area contributed by atoms with Crippen LogP contribution in [0.5, 0.6) is 0 Å². The fourth-order valence-electron chi connectivity index (χ4n) is 3.53. The quantitative estimate of drug-likeness (QED) is 0.636. The highest BCUT2D eigenvalue weighted by Gasteiger charge is 2.34. The van der Waals surface area contributed by atoms with E-state index < -0.39 is 0 Å². The van der Waals surface area contributed by atoms with Crippen molar-refractivity contribution >= 4 is 29.4 Å². The summed E-state index contributed by atoms with van der Waals surface area (Å²) in [6.45, 7) is 6.03. The van der Waals surface area contributed by atoms with Gasteiger partial charge >= 0.3 is 0 Å². The van der Waals surface area contributed by atoms with Crippen LogP contribution in [-0.4, -0.2) is 44.2 Å². The van der Waals surface area contributed by atoms with Crippen molar-refractivity contribution in [2.24, 2.45) is 0 Å². The van der Waals surface area contributed by atoms with Gasteiger partial charge in [-0.1, -0.05) is 36.7 Å². The number of nitrogens with zero attached hydrogens (tertiary/aromatic N) is 5. The van der Waals surface area contributed by atoms with E-state index in [2.05, 4.69) is 37.1 Å². The maximum Gasteiger partial charge on any atom is 0.239 e. The molecular weight excluding hydrogens is 376 g/mol. The maximum absolute atomic E-state index is 12.9. The molecule has 1 saturated carbocycles. The van der Waals surface area contributed by atoms with Crippen molar-refractivity contribution in [2.45, 2.75) is 75.2 Å². The summed E-state index contributed by atoms with van der Waals surface area (Å²) in [6.07, 6.45) is 7.56. The van der Waals surface area contributed by atoms with E-state index in [1.54, 1.807) is 6.07 Å². The van der Waals surface area contributed by atoms with Crippen molar-refractivity contribution in [3.63, 3.8) is 0 Å². The lowest BCUT2D eigenvalue weighted by atomic mass is 10.2. The number of carbonyl (C=O) groups excluding carboxylic acids is 1. The topological polar surface area (TPSA) is 89.1 Å². The molecule has 1 amide bonds. The Labute approximate surface area is 169 Å². The Bertz CT molecular complexity index is 809. The van der Waals surface area contributed by atoms with Crippen molar-refractivity contribution in [3.8, 4) is 0 Å². The molecule has 4 rings (SSSR count). The Kier molecular flexibility index (Phi) is 5.89. The van der Waals surface area contributed by atoms with Gasteiger partial charge in [0.2, 0.25) is 11.9 Å². The average Bonchev–Trinajstić information content (AvgIpc) is 3.07. The fourth-order valence-corrected chi connectivity index (χ4v) is 4.66. The Morgan fingerprint density at radius 2 is 2.14 bits per heavy atom. The summed E-state index contributed by atoms with van der Waals surface area (Å²) in [5.41, 5.74) is 0. The summed E-state index contributed by atoms with van der Waals surface area (Å²) in [7, 11) is 0. The first-order valence-corrected chi connectivity index (χ1v) is 11.1. The molecular formula is C19H28N6O2S. The Balaban J connectivity index is 1.52. The van der Waals surface area contributed by atoms with E-state index in [4.69, 9.17) is 4.52 Å². The molecule has 9 heteroatoms. The summed E-state index contributed by atoms with van der Waals surface area (Å²) in [6, 6.07) is 2.21. The van der Waals surface area contributed by atoms with Crippen molar-refractivity contribution < 1.29 is 9.32 Å². The molecule has 0 bridgehead atoms. The molecule has 0 radical (unpaired) electrons. The van der Waals surface area contributed by atoms with Crippen LogP contribution in [0.15, 0.2) is 15.7 Å². The average molecular weight is 405 g/mol. The number of nitrogens with one attached hydrogen (secondary N) is 1. The Morgan fingerprint density at radius 1 is 1.36 bits per heavy atom. The number of rotatable bonds is 9. The van der Waals surface area contributed by atoms with Crippen molar-refractivity contribution in [3.05, 3.63) is 11.8 Å². The molecule has 3 heterocycles. The predicted molar refractivity (Wildman–Crippen MR) is 109 cm³/mol. The molecule has 2 aliphatic rings. The largest absolute Gasteiger partial charge is 0.360 e. The number of unbranched alkanes of at least 4 members (excludes halogenated alkanes) is 1. The third-order valence-corrected chi connectivity index (χ3v) is 6.41. The molecule has 0 aromatic carbocycles. The van der Waals surface area contributed by atoms with E-state index >= 15 is 0 Å². The van der Waals surface area contributed by atoms with Crippen LogP contribution in [0.1, 0.15) is 63.7 Å². The van der Waals surface area contributed by atoms with Crippen LogP contribution in [0.4, 0.5) is 11.8 Å². The monoisotopic (exact) mass is 404 g/mol. The zero-order valence-electron chi connectivity index (χ0n) is 16.6. The lowest BCUT2D eigenvalue weighted by molar-refractivity contribution is -0.115. The molecule has 1 aliphatic carbocycles. The van der Waals surface area contributed by atoms with Crippen LogP contribution >= 0.6 is 11.8 Å². The van der Waals surface area contributed by atoms with Gasteiger partial charge in [-0.3, -0.25) is 9.36 Å². The molecule has 1 unspecified atom stereocenters. The number of anilines is 2.